The second-order valence-electron chi connectivity index (χ2n) is 5.06. The van der Waals surface area contributed by atoms with E-state index >= 15 is 0 Å². The van der Waals surface area contributed by atoms with Crippen molar-refractivity contribution in [1.29, 1.82) is 0 Å². The number of para-hydroxylation sites is 1. The lowest BCUT2D eigenvalue weighted by Gasteiger charge is -2.24. The molecule has 2 aromatic carbocycles. The first-order valence-electron chi connectivity index (χ1n) is 7.23. The Labute approximate surface area is 143 Å². The summed E-state index contributed by atoms with van der Waals surface area (Å²) in [4.78, 5) is 18.4. The summed E-state index contributed by atoms with van der Waals surface area (Å²) in [6.45, 7) is 1.57. The molecule has 4 heteroatoms. The van der Waals surface area contributed by atoms with Gasteiger partial charge < -0.3 is 0 Å². The maximum absolute atomic E-state index is 12.3. The predicted octanol–water partition coefficient (Wildman–Crippen LogP) is 5.20. The fourth-order valence-corrected chi connectivity index (χ4v) is 2.75. The molecule has 0 aliphatic rings. The lowest BCUT2D eigenvalue weighted by molar-refractivity contribution is -0.115. The van der Waals surface area contributed by atoms with Gasteiger partial charge in [-0.1, -0.05) is 40.2 Å². The molecule has 0 N–H and O–H groups in total. The lowest BCUT2D eigenvalue weighted by Crippen LogP contribution is -2.23. The van der Waals surface area contributed by atoms with Gasteiger partial charge in [0.25, 0.3) is 0 Å². The smallest absolute Gasteiger partial charge is 0.228 e. The second kappa shape index (κ2) is 6.75. The molecule has 1 amide bonds. The summed E-state index contributed by atoms with van der Waals surface area (Å²) in [6.07, 6.45) is 1.75. The number of carbonyl (C=O) groups excluding carboxylic acids is 1. The maximum atomic E-state index is 12.3. The van der Waals surface area contributed by atoms with Gasteiger partial charge in [0.1, 0.15) is 0 Å². The minimum absolute atomic E-state index is 0.0456. The van der Waals surface area contributed by atoms with Gasteiger partial charge in [0, 0.05) is 28.8 Å². The van der Waals surface area contributed by atoms with Gasteiger partial charge in [-0.15, -0.1) is 0 Å². The van der Waals surface area contributed by atoms with Crippen molar-refractivity contribution in [3.8, 4) is 11.3 Å². The van der Waals surface area contributed by atoms with Crippen LogP contribution in [0.25, 0.3) is 11.3 Å². The molecular weight excluding hydrogens is 352 g/mol. The number of rotatable bonds is 3. The molecule has 0 aliphatic carbocycles. The average molecular weight is 367 g/mol. The van der Waals surface area contributed by atoms with E-state index < -0.39 is 0 Å². The van der Waals surface area contributed by atoms with E-state index in [4.69, 9.17) is 0 Å². The van der Waals surface area contributed by atoms with Crippen molar-refractivity contribution >= 4 is 33.2 Å². The lowest BCUT2D eigenvalue weighted by atomic mass is 10.1. The highest BCUT2D eigenvalue weighted by Crippen LogP contribution is 2.34. The second-order valence-corrected chi connectivity index (χ2v) is 5.98. The number of hydrogen-bond donors (Lipinski definition) is 0. The van der Waals surface area contributed by atoms with Crippen LogP contribution in [0.3, 0.4) is 0 Å². The third-order valence-corrected chi connectivity index (χ3v) is 4.01. The van der Waals surface area contributed by atoms with Gasteiger partial charge >= 0.3 is 0 Å². The molecule has 0 radical (unpaired) electrons. The largest absolute Gasteiger partial charge is 0.281 e. The average Bonchev–Trinajstić information content (AvgIpc) is 2.58. The van der Waals surface area contributed by atoms with Gasteiger partial charge in [-0.05, 0) is 42.5 Å². The number of nitrogens with zero attached hydrogens (tertiary/aromatic N) is 2. The van der Waals surface area contributed by atoms with Crippen molar-refractivity contribution in [2.45, 2.75) is 6.92 Å². The zero-order valence-electron chi connectivity index (χ0n) is 12.6. The molecule has 0 saturated carbocycles. The Morgan fingerprint density at radius 1 is 0.957 bits per heavy atom. The summed E-state index contributed by atoms with van der Waals surface area (Å²) in [5.41, 5.74) is 3.41. The van der Waals surface area contributed by atoms with E-state index in [0.717, 1.165) is 27.1 Å². The number of amides is 1. The quantitative estimate of drug-likeness (QED) is 0.638. The molecule has 0 saturated heterocycles. The molecule has 1 aromatic heterocycles. The Balaban J connectivity index is 2.15. The van der Waals surface area contributed by atoms with Crippen molar-refractivity contribution < 1.29 is 4.79 Å². The number of hydrogen-bond acceptors (Lipinski definition) is 2. The Morgan fingerprint density at radius 2 is 1.65 bits per heavy atom. The zero-order valence-corrected chi connectivity index (χ0v) is 14.2. The van der Waals surface area contributed by atoms with E-state index in [1.54, 1.807) is 18.0 Å². The van der Waals surface area contributed by atoms with Gasteiger partial charge in [0.05, 0.1) is 11.4 Å². The molecule has 0 atom stereocenters. The molecule has 3 rings (SSSR count). The Hall–Kier alpha value is -2.46. The van der Waals surface area contributed by atoms with Gasteiger partial charge in [-0.3, -0.25) is 14.7 Å². The number of aromatic nitrogens is 1. The third-order valence-electron chi connectivity index (χ3n) is 3.49. The van der Waals surface area contributed by atoms with Crippen LogP contribution in [-0.2, 0) is 4.79 Å². The standard InChI is InChI=1S/C19H15BrN2O/c1-14(23)22(16-11-9-15(20)10-12-16)19-8-3-2-6-17(19)18-7-4-5-13-21-18/h2-13H,1H3. The minimum atomic E-state index is -0.0456. The molecule has 3 nitrogen and oxygen atoms in total. The van der Waals surface area contributed by atoms with Crippen molar-refractivity contribution in [1.82, 2.24) is 4.98 Å². The van der Waals surface area contributed by atoms with Crippen LogP contribution in [0.2, 0.25) is 0 Å². The van der Waals surface area contributed by atoms with Gasteiger partial charge in [0.15, 0.2) is 0 Å². The first-order chi connectivity index (χ1) is 11.2. The summed E-state index contributed by atoms with van der Waals surface area (Å²) in [7, 11) is 0. The molecule has 0 bridgehead atoms. The number of benzene rings is 2. The fourth-order valence-electron chi connectivity index (χ4n) is 2.49. The molecule has 23 heavy (non-hydrogen) atoms. The van der Waals surface area contributed by atoms with Gasteiger partial charge in [-0.25, -0.2) is 0 Å². The zero-order chi connectivity index (χ0) is 16.2. The number of anilines is 2. The van der Waals surface area contributed by atoms with E-state index in [0.29, 0.717) is 0 Å². The highest BCUT2D eigenvalue weighted by atomic mass is 79.9. The summed E-state index contributed by atoms with van der Waals surface area (Å²) < 4.78 is 0.975. The van der Waals surface area contributed by atoms with E-state index in [2.05, 4.69) is 20.9 Å². The summed E-state index contributed by atoms with van der Waals surface area (Å²) in [5.74, 6) is -0.0456. The Kier molecular flexibility index (Phi) is 4.53. The summed E-state index contributed by atoms with van der Waals surface area (Å²) >= 11 is 3.43. The van der Waals surface area contributed by atoms with Crippen LogP contribution in [0.15, 0.2) is 77.4 Å². The Morgan fingerprint density at radius 3 is 2.30 bits per heavy atom. The van der Waals surface area contributed by atoms with Crippen molar-refractivity contribution in [3.63, 3.8) is 0 Å². The van der Waals surface area contributed by atoms with E-state index in [9.17, 15) is 4.79 Å². The predicted molar refractivity (Wildman–Crippen MR) is 96.6 cm³/mol. The first kappa shape index (κ1) is 15.4. The van der Waals surface area contributed by atoms with Crippen LogP contribution < -0.4 is 4.90 Å². The molecular formula is C19H15BrN2O. The van der Waals surface area contributed by atoms with Crippen LogP contribution >= 0.6 is 15.9 Å². The van der Waals surface area contributed by atoms with E-state index in [1.165, 1.54) is 0 Å². The number of carbonyl (C=O) groups is 1. The normalized spacial score (nSPS) is 10.3. The van der Waals surface area contributed by atoms with Gasteiger partial charge in [-0.2, -0.15) is 0 Å². The van der Waals surface area contributed by atoms with E-state index in [1.807, 2.05) is 66.7 Å². The molecule has 0 fully saturated rings. The monoisotopic (exact) mass is 366 g/mol. The highest BCUT2D eigenvalue weighted by molar-refractivity contribution is 9.10. The third kappa shape index (κ3) is 3.32. The summed E-state index contributed by atoms with van der Waals surface area (Å²) in [6, 6.07) is 21.2. The number of pyridine rings is 1. The van der Waals surface area contributed by atoms with Crippen LogP contribution in [0, 0.1) is 0 Å². The molecule has 0 spiro atoms. The molecule has 1 heterocycles. The maximum Gasteiger partial charge on any atom is 0.228 e. The SMILES string of the molecule is CC(=O)N(c1ccc(Br)cc1)c1ccccc1-c1ccccn1. The van der Waals surface area contributed by atoms with Crippen LogP contribution in [-0.4, -0.2) is 10.9 Å². The molecule has 0 aliphatic heterocycles. The van der Waals surface area contributed by atoms with Crippen molar-refractivity contribution in [2.24, 2.45) is 0 Å². The Bertz CT molecular complexity index is 816. The van der Waals surface area contributed by atoms with Crippen LogP contribution in [0.5, 0.6) is 0 Å². The highest BCUT2D eigenvalue weighted by Gasteiger charge is 2.18. The minimum Gasteiger partial charge on any atom is -0.281 e. The van der Waals surface area contributed by atoms with Gasteiger partial charge in [0.2, 0.25) is 5.91 Å². The summed E-state index contributed by atoms with van der Waals surface area (Å²) in [5, 5.41) is 0. The number of halogens is 1. The van der Waals surface area contributed by atoms with Crippen molar-refractivity contribution in [2.75, 3.05) is 4.90 Å². The first-order valence-corrected chi connectivity index (χ1v) is 8.03. The van der Waals surface area contributed by atoms with Crippen molar-refractivity contribution in [3.05, 3.63) is 77.4 Å². The fraction of sp³-hybridized carbons (Fsp3) is 0.0526. The van der Waals surface area contributed by atoms with Crippen LogP contribution in [0.4, 0.5) is 11.4 Å². The molecule has 0 unspecified atom stereocenters. The molecule has 3 aromatic rings. The van der Waals surface area contributed by atoms with E-state index in [-0.39, 0.29) is 5.91 Å². The molecule has 114 valence electrons. The topological polar surface area (TPSA) is 33.2 Å². The van der Waals surface area contributed by atoms with Crippen LogP contribution in [0.1, 0.15) is 6.92 Å².